The van der Waals surface area contributed by atoms with E-state index in [9.17, 15) is 0 Å². The highest BCUT2D eigenvalue weighted by molar-refractivity contribution is 5.47. The Labute approximate surface area is 93.3 Å². The van der Waals surface area contributed by atoms with Gasteiger partial charge in [0.2, 0.25) is 0 Å². The molecule has 1 rings (SSSR count). The van der Waals surface area contributed by atoms with Crippen LogP contribution in [0.3, 0.4) is 0 Å². The molecule has 0 fully saturated rings. The first-order chi connectivity index (χ1) is 7.06. The molecule has 0 saturated heterocycles. The van der Waals surface area contributed by atoms with Crippen LogP contribution >= 0.6 is 0 Å². The van der Waals surface area contributed by atoms with Crippen molar-refractivity contribution in [1.29, 1.82) is 0 Å². The van der Waals surface area contributed by atoms with Crippen molar-refractivity contribution in [2.45, 2.75) is 32.9 Å². The maximum atomic E-state index is 3.24. The Hall–Kier alpha value is -1.02. The molecule has 2 nitrogen and oxygen atoms in total. The quantitative estimate of drug-likeness (QED) is 0.815. The number of anilines is 1. The molecule has 0 aliphatic heterocycles. The predicted molar refractivity (Wildman–Crippen MR) is 67.5 cm³/mol. The Bertz CT molecular complexity index is 290. The SMILES string of the molecule is CNC(C)c1ccc(N(C)C(C)C)cc1. The van der Waals surface area contributed by atoms with Crippen molar-refractivity contribution in [3.63, 3.8) is 0 Å². The molecule has 0 radical (unpaired) electrons. The number of hydrogen-bond acceptors (Lipinski definition) is 2. The van der Waals surface area contributed by atoms with Crippen molar-refractivity contribution >= 4 is 5.69 Å². The van der Waals surface area contributed by atoms with Crippen LogP contribution in [-0.2, 0) is 0 Å². The third-order valence-electron chi connectivity index (χ3n) is 3.01. The van der Waals surface area contributed by atoms with Crippen LogP contribution in [0, 0.1) is 0 Å². The lowest BCUT2D eigenvalue weighted by Gasteiger charge is -2.24. The Morgan fingerprint density at radius 2 is 1.60 bits per heavy atom. The Balaban J connectivity index is 2.80. The second-order valence-electron chi connectivity index (χ2n) is 4.31. The average molecular weight is 206 g/mol. The average Bonchev–Trinajstić information content (AvgIpc) is 2.27. The molecule has 15 heavy (non-hydrogen) atoms. The topological polar surface area (TPSA) is 15.3 Å². The van der Waals surface area contributed by atoms with E-state index < -0.39 is 0 Å². The summed E-state index contributed by atoms with van der Waals surface area (Å²) in [6.07, 6.45) is 0. The van der Waals surface area contributed by atoms with Gasteiger partial charge in [-0.1, -0.05) is 12.1 Å². The number of hydrogen-bond donors (Lipinski definition) is 1. The van der Waals surface area contributed by atoms with E-state index in [4.69, 9.17) is 0 Å². The highest BCUT2D eigenvalue weighted by atomic mass is 15.1. The molecule has 1 atom stereocenters. The summed E-state index contributed by atoms with van der Waals surface area (Å²) in [6, 6.07) is 9.71. The van der Waals surface area contributed by atoms with E-state index in [1.54, 1.807) is 0 Å². The van der Waals surface area contributed by atoms with Crippen molar-refractivity contribution in [3.8, 4) is 0 Å². The molecular weight excluding hydrogens is 184 g/mol. The second kappa shape index (κ2) is 5.17. The summed E-state index contributed by atoms with van der Waals surface area (Å²) < 4.78 is 0. The minimum atomic E-state index is 0.420. The van der Waals surface area contributed by atoms with Gasteiger partial charge in [0.25, 0.3) is 0 Å². The first-order valence-corrected chi connectivity index (χ1v) is 5.56. The monoisotopic (exact) mass is 206 g/mol. The van der Waals surface area contributed by atoms with Crippen molar-refractivity contribution < 1.29 is 0 Å². The summed E-state index contributed by atoms with van der Waals surface area (Å²) in [6.45, 7) is 6.56. The maximum absolute atomic E-state index is 3.24. The largest absolute Gasteiger partial charge is 0.372 e. The highest BCUT2D eigenvalue weighted by Gasteiger charge is 2.06. The first kappa shape index (κ1) is 12.1. The molecule has 0 saturated carbocycles. The third-order valence-corrected chi connectivity index (χ3v) is 3.01. The fraction of sp³-hybridized carbons (Fsp3) is 0.538. The lowest BCUT2D eigenvalue weighted by molar-refractivity contribution is 0.652. The third kappa shape index (κ3) is 2.96. The van der Waals surface area contributed by atoms with Gasteiger partial charge in [0, 0.05) is 24.8 Å². The van der Waals surface area contributed by atoms with Crippen LogP contribution in [0.2, 0.25) is 0 Å². The molecule has 0 aliphatic rings. The molecular formula is C13H22N2. The minimum absolute atomic E-state index is 0.420. The predicted octanol–water partition coefficient (Wildman–Crippen LogP) is 2.81. The zero-order valence-corrected chi connectivity index (χ0v) is 10.4. The molecule has 1 aromatic carbocycles. The Kier molecular flexibility index (Phi) is 4.15. The molecule has 1 unspecified atom stereocenters. The highest BCUT2D eigenvalue weighted by Crippen LogP contribution is 2.19. The number of nitrogens with zero attached hydrogens (tertiary/aromatic N) is 1. The lowest BCUT2D eigenvalue weighted by atomic mass is 10.1. The summed E-state index contributed by atoms with van der Waals surface area (Å²) in [5, 5.41) is 3.24. The molecule has 0 heterocycles. The van der Waals surface area contributed by atoms with Crippen LogP contribution < -0.4 is 10.2 Å². The molecule has 0 spiro atoms. The number of nitrogens with one attached hydrogen (secondary N) is 1. The summed E-state index contributed by atoms with van der Waals surface area (Å²) in [4.78, 5) is 2.27. The minimum Gasteiger partial charge on any atom is -0.372 e. The van der Waals surface area contributed by atoms with Crippen LogP contribution in [0.15, 0.2) is 24.3 Å². The number of benzene rings is 1. The molecule has 84 valence electrons. The zero-order chi connectivity index (χ0) is 11.4. The summed E-state index contributed by atoms with van der Waals surface area (Å²) in [5.41, 5.74) is 2.61. The molecule has 0 bridgehead atoms. The first-order valence-electron chi connectivity index (χ1n) is 5.56. The van der Waals surface area contributed by atoms with Crippen LogP contribution in [0.25, 0.3) is 0 Å². The summed E-state index contributed by atoms with van der Waals surface area (Å²) >= 11 is 0. The molecule has 1 aromatic rings. The van der Waals surface area contributed by atoms with Gasteiger partial charge in [-0.2, -0.15) is 0 Å². The lowest BCUT2D eigenvalue weighted by Crippen LogP contribution is -2.25. The molecule has 0 aliphatic carbocycles. The van der Waals surface area contributed by atoms with Gasteiger partial charge in [-0.15, -0.1) is 0 Å². The van der Waals surface area contributed by atoms with Gasteiger partial charge in [-0.05, 0) is 45.5 Å². The standard InChI is InChI=1S/C13H22N2/c1-10(2)15(5)13-8-6-12(7-9-13)11(3)14-4/h6-11,14H,1-5H3. The Morgan fingerprint density at radius 3 is 2.00 bits per heavy atom. The van der Waals surface area contributed by atoms with Crippen molar-refractivity contribution in [1.82, 2.24) is 5.32 Å². The van der Waals surface area contributed by atoms with Gasteiger partial charge in [0.1, 0.15) is 0 Å². The van der Waals surface area contributed by atoms with E-state index in [-0.39, 0.29) is 0 Å². The fourth-order valence-electron chi connectivity index (χ4n) is 1.46. The van der Waals surface area contributed by atoms with E-state index in [0.29, 0.717) is 12.1 Å². The smallest absolute Gasteiger partial charge is 0.0366 e. The van der Waals surface area contributed by atoms with E-state index in [1.807, 2.05) is 7.05 Å². The maximum Gasteiger partial charge on any atom is 0.0366 e. The van der Waals surface area contributed by atoms with Crippen molar-refractivity contribution in [2.75, 3.05) is 19.0 Å². The zero-order valence-electron chi connectivity index (χ0n) is 10.4. The van der Waals surface area contributed by atoms with Crippen LogP contribution in [0.4, 0.5) is 5.69 Å². The van der Waals surface area contributed by atoms with E-state index in [0.717, 1.165) is 0 Å². The summed E-state index contributed by atoms with van der Waals surface area (Å²) in [7, 11) is 4.11. The Morgan fingerprint density at radius 1 is 1.07 bits per heavy atom. The van der Waals surface area contributed by atoms with Crippen LogP contribution in [0.1, 0.15) is 32.4 Å². The molecule has 0 amide bonds. The van der Waals surface area contributed by atoms with Gasteiger partial charge in [0.15, 0.2) is 0 Å². The van der Waals surface area contributed by atoms with Gasteiger partial charge in [0.05, 0.1) is 0 Å². The molecule has 2 heteroatoms. The normalized spacial score (nSPS) is 12.9. The van der Waals surface area contributed by atoms with E-state index in [1.165, 1.54) is 11.3 Å². The van der Waals surface area contributed by atoms with Crippen molar-refractivity contribution in [3.05, 3.63) is 29.8 Å². The van der Waals surface area contributed by atoms with Gasteiger partial charge in [-0.25, -0.2) is 0 Å². The van der Waals surface area contributed by atoms with Crippen molar-refractivity contribution in [2.24, 2.45) is 0 Å². The number of rotatable bonds is 4. The van der Waals surface area contributed by atoms with Gasteiger partial charge >= 0.3 is 0 Å². The fourth-order valence-corrected chi connectivity index (χ4v) is 1.46. The second-order valence-corrected chi connectivity index (χ2v) is 4.31. The van der Waals surface area contributed by atoms with E-state index >= 15 is 0 Å². The van der Waals surface area contributed by atoms with E-state index in [2.05, 4.69) is 62.3 Å². The molecule has 1 N–H and O–H groups in total. The summed E-state index contributed by atoms with van der Waals surface area (Å²) in [5.74, 6) is 0. The molecule has 0 aromatic heterocycles. The van der Waals surface area contributed by atoms with Crippen LogP contribution in [-0.4, -0.2) is 20.1 Å². The van der Waals surface area contributed by atoms with Gasteiger partial charge < -0.3 is 10.2 Å². The van der Waals surface area contributed by atoms with Crippen LogP contribution in [0.5, 0.6) is 0 Å². The van der Waals surface area contributed by atoms with Gasteiger partial charge in [-0.3, -0.25) is 0 Å².